The molecule has 4 aromatic rings. The number of ketones is 1. The zero-order valence-corrected chi connectivity index (χ0v) is 20.4. The van der Waals surface area contributed by atoms with E-state index < -0.39 is 0 Å². The molecule has 0 radical (unpaired) electrons. The lowest BCUT2D eigenvalue weighted by molar-refractivity contribution is -0.114. The molecular weight excluding hydrogens is 454 g/mol. The molecule has 0 atom stereocenters. The van der Waals surface area contributed by atoms with Gasteiger partial charge < -0.3 is 5.32 Å². The largest absolute Gasteiger partial charge is 0.326 e. The van der Waals surface area contributed by atoms with Crippen LogP contribution >= 0.6 is 23.1 Å². The van der Waals surface area contributed by atoms with E-state index in [-0.39, 0.29) is 23.0 Å². The van der Waals surface area contributed by atoms with Gasteiger partial charge in [0.2, 0.25) is 5.91 Å². The maximum absolute atomic E-state index is 13.5. The highest BCUT2D eigenvalue weighted by molar-refractivity contribution is 7.99. The van der Waals surface area contributed by atoms with Crippen molar-refractivity contribution in [3.05, 3.63) is 80.5 Å². The molecule has 6 nitrogen and oxygen atoms in total. The molecule has 2 aromatic carbocycles. The molecule has 33 heavy (non-hydrogen) atoms. The molecule has 0 saturated heterocycles. The summed E-state index contributed by atoms with van der Waals surface area (Å²) >= 11 is 2.74. The minimum Gasteiger partial charge on any atom is -0.326 e. The van der Waals surface area contributed by atoms with Gasteiger partial charge in [-0.05, 0) is 68.3 Å². The second-order valence-corrected chi connectivity index (χ2v) is 9.95. The van der Waals surface area contributed by atoms with Crippen molar-refractivity contribution in [1.29, 1.82) is 0 Å². The van der Waals surface area contributed by atoms with E-state index in [1.165, 1.54) is 30.0 Å². The van der Waals surface area contributed by atoms with Gasteiger partial charge in [-0.25, -0.2) is 4.98 Å². The average Bonchev–Trinajstić information content (AvgIpc) is 3.05. The van der Waals surface area contributed by atoms with Crippen LogP contribution in [0.25, 0.3) is 15.9 Å². The summed E-state index contributed by atoms with van der Waals surface area (Å²) in [5.74, 6) is -0.121. The maximum atomic E-state index is 13.5. The van der Waals surface area contributed by atoms with Crippen LogP contribution in [0, 0.1) is 20.8 Å². The van der Waals surface area contributed by atoms with Crippen molar-refractivity contribution in [3.63, 3.8) is 0 Å². The number of hydrogen-bond donors (Lipinski definition) is 1. The van der Waals surface area contributed by atoms with Gasteiger partial charge in [0.15, 0.2) is 10.9 Å². The normalized spacial score (nSPS) is 11.0. The molecule has 0 bridgehead atoms. The Balaban J connectivity index is 1.69. The summed E-state index contributed by atoms with van der Waals surface area (Å²) in [6.45, 7) is 7.34. The van der Waals surface area contributed by atoms with Gasteiger partial charge in [-0.3, -0.25) is 19.0 Å². The van der Waals surface area contributed by atoms with Gasteiger partial charge >= 0.3 is 0 Å². The van der Waals surface area contributed by atoms with Crippen molar-refractivity contribution < 1.29 is 9.59 Å². The Bertz CT molecular complexity index is 1440. The number of nitrogens with zero attached hydrogens (tertiary/aromatic N) is 2. The number of aromatic nitrogens is 2. The van der Waals surface area contributed by atoms with Crippen LogP contribution in [0.15, 0.2) is 58.5 Å². The van der Waals surface area contributed by atoms with Gasteiger partial charge in [-0.2, -0.15) is 0 Å². The zero-order chi connectivity index (χ0) is 23.7. The summed E-state index contributed by atoms with van der Waals surface area (Å²) in [6.07, 6.45) is 0. The molecule has 8 heteroatoms. The molecule has 1 N–H and O–H groups in total. The number of fused-ring (bicyclic) bond motifs is 1. The van der Waals surface area contributed by atoms with E-state index in [0.29, 0.717) is 26.6 Å². The molecule has 4 rings (SSSR count). The highest BCUT2D eigenvalue weighted by atomic mass is 32.2. The molecule has 0 spiro atoms. The van der Waals surface area contributed by atoms with Crippen LogP contribution in [-0.2, 0) is 4.79 Å². The standard InChI is InChI=1S/C25H23N3O3S2/c1-14-6-5-7-20(12-14)28-24(31)22-15(2)16(3)33-23(22)27-25(28)32-13-21(30)18-8-10-19(11-9-18)26-17(4)29/h5-12H,13H2,1-4H3,(H,26,29). The maximum Gasteiger partial charge on any atom is 0.267 e. The highest BCUT2D eigenvalue weighted by Crippen LogP contribution is 2.30. The predicted octanol–water partition coefficient (Wildman–Crippen LogP) is 5.31. The number of thioether (sulfide) groups is 1. The summed E-state index contributed by atoms with van der Waals surface area (Å²) in [5, 5.41) is 3.80. The van der Waals surface area contributed by atoms with E-state index in [9.17, 15) is 14.4 Å². The Labute approximate surface area is 199 Å². The van der Waals surface area contributed by atoms with Crippen LogP contribution in [0.5, 0.6) is 0 Å². The Morgan fingerprint density at radius 3 is 2.48 bits per heavy atom. The van der Waals surface area contributed by atoms with Crippen LogP contribution in [0.2, 0.25) is 0 Å². The molecule has 0 aliphatic rings. The second-order valence-electron chi connectivity index (χ2n) is 7.81. The number of Topliss-reactive ketones (excluding diaryl/α,β-unsaturated/α-hetero) is 1. The summed E-state index contributed by atoms with van der Waals surface area (Å²) in [7, 11) is 0. The van der Waals surface area contributed by atoms with E-state index >= 15 is 0 Å². The Hall–Kier alpha value is -3.23. The number of carbonyl (C=O) groups excluding carboxylic acids is 2. The van der Waals surface area contributed by atoms with Crippen molar-refractivity contribution in [3.8, 4) is 5.69 Å². The first-order valence-electron chi connectivity index (χ1n) is 10.4. The average molecular weight is 478 g/mol. The number of aryl methyl sites for hydroxylation is 3. The smallest absolute Gasteiger partial charge is 0.267 e. The molecule has 0 aliphatic heterocycles. The topological polar surface area (TPSA) is 81.1 Å². The monoisotopic (exact) mass is 477 g/mol. The van der Waals surface area contributed by atoms with Gasteiger partial charge in [0.1, 0.15) is 4.83 Å². The number of carbonyl (C=O) groups is 2. The zero-order valence-electron chi connectivity index (χ0n) is 18.8. The lowest BCUT2D eigenvalue weighted by Crippen LogP contribution is -2.22. The summed E-state index contributed by atoms with van der Waals surface area (Å²) in [4.78, 5) is 44.1. The van der Waals surface area contributed by atoms with E-state index in [2.05, 4.69) is 5.32 Å². The first-order chi connectivity index (χ1) is 15.7. The van der Waals surface area contributed by atoms with Crippen LogP contribution in [-0.4, -0.2) is 27.0 Å². The minimum atomic E-state index is -0.167. The minimum absolute atomic E-state index is 0.0851. The van der Waals surface area contributed by atoms with Crippen LogP contribution < -0.4 is 10.9 Å². The number of benzene rings is 2. The fourth-order valence-electron chi connectivity index (χ4n) is 3.52. The number of anilines is 1. The molecular formula is C25H23N3O3S2. The van der Waals surface area contributed by atoms with Crippen molar-refractivity contribution in [2.75, 3.05) is 11.1 Å². The van der Waals surface area contributed by atoms with Crippen molar-refractivity contribution in [2.45, 2.75) is 32.9 Å². The summed E-state index contributed by atoms with van der Waals surface area (Å²) < 4.78 is 1.60. The van der Waals surface area contributed by atoms with Gasteiger partial charge in [-0.1, -0.05) is 23.9 Å². The second kappa shape index (κ2) is 9.33. The van der Waals surface area contributed by atoms with Crippen molar-refractivity contribution in [1.82, 2.24) is 9.55 Å². The number of nitrogens with one attached hydrogen (secondary N) is 1. The SMILES string of the molecule is CC(=O)Nc1ccc(C(=O)CSc2nc3sc(C)c(C)c3c(=O)n2-c2cccc(C)c2)cc1. The molecule has 2 heterocycles. The number of thiophene rings is 1. The van der Waals surface area contributed by atoms with Crippen LogP contribution in [0.3, 0.4) is 0 Å². The Morgan fingerprint density at radius 2 is 1.82 bits per heavy atom. The number of hydrogen-bond acceptors (Lipinski definition) is 6. The Morgan fingerprint density at radius 1 is 1.09 bits per heavy atom. The lowest BCUT2D eigenvalue weighted by Gasteiger charge is -2.13. The first kappa shape index (κ1) is 22.9. The molecule has 2 aromatic heterocycles. The van der Waals surface area contributed by atoms with E-state index in [1.807, 2.05) is 45.0 Å². The van der Waals surface area contributed by atoms with Crippen molar-refractivity contribution >= 4 is 50.7 Å². The van der Waals surface area contributed by atoms with Gasteiger partial charge in [0, 0.05) is 23.1 Å². The summed E-state index contributed by atoms with van der Waals surface area (Å²) in [5.41, 5.74) is 3.75. The first-order valence-corrected chi connectivity index (χ1v) is 12.2. The lowest BCUT2D eigenvalue weighted by atomic mass is 10.1. The molecule has 1 amide bonds. The molecule has 0 saturated carbocycles. The van der Waals surface area contributed by atoms with Crippen LogP contribution in [0.1, 0.15) is 33.3 Å². The number of rotatable bonds is 6. The van der Waals surface area contributed by atoms with Gasteiger partial charge in [0.05, 0.1) is 16.8 Å². The third-order valence-corrected chi connectivity index (χ3v) is 7.33. The fourth-order valence-corrected chi connectivity index (χ4v) is 5.50. The highest BCUT2D eigenvalue weighted by Gasteiger charge is 2.19. The Kier molecular flexibility index (Phi) is 6.49. The fraction of sp³-hybridized carbons (Fsp3) is 0.200. The third-order valence-electron chi connectivity index (χ3n) is 5.29. The van der Waals surface area contributed by atoms with E-state index in [1.54, 1.807) is 28.8 Å². The molecule has 0 fully saturated rings. The third kappa shape index (κ3) is 4.77. The van der Waals surface area contributed by atoms with E-state index in [0.717, 1.165) is 21.7 Å². The van der Waals surface area contributed by atoms with E-state index in [4.69, 9.17) is 4.98 Å². The van der Waals surface area contributed by atoms with Gasteiger partial charge in [0.25, 0.3) is 5.56 Å². The quantitative estimate of drug-likeness (QED) is 0.231. The van der Waals surface area contributed by atoms with Crippen molar-refractivity contribution in [2.24, 2.45) is 0 Å². The molecule has 0 aliphatic carbocycles. The summed E-state index contributed by atoms with van der Waals surface area (Å²) in [6, 6.07) is 14.5. The number of amides is 1. The predicted molar refractivity (Wildman–Crippen MR) is 135 cm³/mol. The van der Waals surface area contributed by atoms with Crippen LogP contribution in [0.4, 0.5) is 5.69 Å². The molecule has 168 valence electrons. The van der Waals surface area contributed by atoms with Gasteiger partial charge in [-0.15, -0.1) is 11.3 Å². The molecule has 0 unspecified atom stereocenters.